The number of hydrogen-bond acceptors (Lipinski definition) is 5. The maximum atomic E-state index is 14.6. The molecular weight excluding hydrogens is 495 g/mol. The van der Waals surface area contributed by atoms with E-state index in [0.29, 0.717) is 40.6 Å². The number of thiophene rings is 1. The summed E-state index contributed by atoms with van der Waals surface area (Å²) in [6.07, 6.45) is 1.31. The second-order valence-corrected chi connectivity index (χ2v) is 9.82. The van der Waals surface area contributed by atoms with Crippen molar-refractivity contribution >= 4 is 39.1 Å². The van der Waals surface area contributed by atoms with Gasteiger partial charge in [0.1, 0.15) is 11.6 Å². The predicted octanol–water partition coefficient (Wildman–Crippen LogP) is 5.73. The number of carboxylic acids is 1. The van der Waals surface area contributed by atoms with Gasteiger partial charge in [0.2, 0.25) is 0 Å². The molecule has 0 unspecified atom stereocenters. The van der Waals surface area contributed by atoms with Crippen molar-refractivity contribution in [3.05, 3.63) is 64.3 Å². The molecule has 0 bridgehead atoms. The van der Waals surface area contributed by atoms with Crippen LogP contribution in [0.3, 0.4) is 0 Å². The molecule has 1 fully saturated rings. The quantitative estimate of drug-likeness (QED) is 0.278. The molecule has 1 aliphatic carbocycles. The first-order valence-corrected chi connectivity index (χ1v) is 12.4. The fraction of sp³-hybridized carbons (Fsp3) is 0.346. The maximum Gasteiger partial charge on any atom is 0.306 e. The molecule has 0 aliphatic heterocycles. The van der Waals surface area contributed by atoms with E-state index in [1.54, 1.807) is 12.1 Å². The Labute approximate surface area is 209 Å². The minimum atomic E-state index is -0.910. The van der Waals surface area contributed by atoms with Gasteiger partial charge in [-0.15, -0.1) is 11.3 Å². The lowest BCUT2D eigenvalue weighted by Gasteiger charge is -2.27. The highest BCUT2D eigenvalue weighted by Crippen LogP contribution is 2.31. The van der Waals surface area contributed by atoms with E-state index in [-0.39, 0.29) is 25.1 Å². The summed E-state index contributed by atoms with van der Waals surface area (Å²) < 4.78 is 49.1. The Morgan fingerprint density at radius 1 is 1.00 bits per heavy atom. The average Bonchev–Trinajstić information content (AvgIpc) is 3.30. The highest BCUT2D eigenvalue weighted by Gasteiger charge is 2.28. The fourth-order valence-electron chi connectivity index (χ4n) is 4.25. The van der Waals surface area contributed by atoms with Crippen molar-refractivity contribution < 1.29 is 37.4 Å². The fourth-order valence-corrected chi connectivity index (χ4v) is 5.24. The maximum absolute atomic E-state index is 14.6. The second kappa shape index (κ2) is 11.1. The normalized spacial score (nSPS) is 17.6. The number of amides is 1. The van der Waals surface area contributed by atoms with Gasteiger partial charge in [0.15, 0.2) is 17.3 Å². The van der Waals surface area contributed by atoms with E-state index in [1.165, 1.54) is 12.1 Å². The molecule has 4 rings (SSSR count). The third-order valence-electron chi connectivity index (χ3n) is 6.24. The SMILES string of the molecule is O=C(NCCCC(=O)c1cc(F)c(OC2CCC(C(=O)O)CC2)cc1F)c1cc2c(F)cccc2s1. The summed E-state index contributed by atoms with van der Waals surface area (Å²) in [5, 5.41) is 12.1. The molecule has 0 saturated heterocycles. The smallest absolute Gasteiger partial charge is 0.306 e. The van der Waals surface area contributed by atoms with Gasteiger partial charge >= 0.3 is 5.97 Å². The molecule has 2 aromatic carbocycles. The Bertz CT molecular complexity index is 1300. The van der Waals surface area contributed by atoms with Gasteiger partial charge in [-0.25, -0.2) is 13.2 Å². The summed E-state index contributed by atoms with van der Waals surface area (Å²) in [6.45, 7) is 0.131. The molecular formula is C26H24F3NO5S. The van der Waals surface area contributed by atoms with Gasteiger partial charge in [-0.05, 0) is 56.4 Å². The molecule has 190 valence electrons. The number of carbonyl (C=O) groups excluding carboxylic acids is 2. The molecule has 10 heteroatoms. The standard InChI is InChI=1S/C26H24F3NO5S/c27-18-3-1-5-23-17(18)12-24(36-23)25(32)30-10-2-4-21(31)16-11-20(29)22(13-19(16)28)35-15-8-6-14(7-9-15)26(33)34/h1,3,5,11-15H,2,4,6-10H2,(H,30,32)(H,33,34). The summed E-state index contributed by atoms with van der Waals surface area (Å²) in [4.78, 5) is 36.1. The molecule has 0 radical (unpaired) electrons. The monoisotopic (exact) mass is 519 g/mol. The molecule has 1 aliphatic rings. The third-order valence-corrected chi connectivity index (χ3v) is 7.34. The molecule has 0 spiro atoms. The molecule has 0 atom stereocenters. The van der Waals surface area contributed by atoms with Crippen molar-refractivity contribution in [2.24, 2.45) is 5.92 Å². The summed E-state index contributed by atoms with van der Waals surface area (Å²) in [6, 6.07) is 7.71. The Morgan fingerprint density at radius 3 is 2.44 bits per heavy atom. The van der Waals surface area contributed by atoms with Crippen LogP contribution in [0.1, 0.15) is 58.6 Å². The number of ketones is 1. The first-order chi connectivity index (χ1) is 17.2. The molecule has 6 nitrogen and oxygen atoms in total. The van der Waals surface area contributed by atoms with Crippen LogP contribution < -0.4 is 10.1 Å². The number of carboxylic acid groups (broad SMARTS) is 1. The Balaban J connectivity index is 1.27. The molecule has 36 heavy (non-hydrogen) atoms. The van der Waals surface area contributed by atoms with Gasteiger partial charge in [0, 0.05) is 29.1 Å². The number of aliphatic carboxylic acids is 1. The predicted molar refractivity (Wildman–Crippen MR) is 128 cm³/mol. The first-order valence-electron chi connectivity index (χ1n) is 11.6. The molecule has 2 N–H and O–H groups in total. The van der Waals surface area contributed by atoms with Crippen LogP contribution in [0.4, 0.5) is 13.2 Å². The number of benzene rings is 2. The van der Waals surface area contributed by atoms with Gasteiger partial charge in [0.05, 0.1) is 22.5 Å². The van der Waals surface area contributed by atoms with Crippen LogP contribution in [0.5, 0.6) is 5.75 Å². The Kier molecular flexibility index (Phi) is 7.93. The molecule has 1 saturated carbocycles. The van der Waals surface area contributed by atoms with Crippen molar-refractivity contribution in [1.82, 2.24) is 5.32 Å². The van der Waals surface area contributed by atoms with Gasteiger partial charge in [-0.3, -0.25) is 14.4 Å². The van der Waals surface area contributed by atoms with Crippen LogP contribution in [0, 0.1) is 23.4 Å². The topological polar surface area (TPSA) is 92.7 Å². The van der Waals surface area contributed by atoms with Crippen molar-refractivity contribution in [2.75, 3.05) is 6.54 Å². The van der Waals surface area contributed by atoms with Crippen LogP contribution in [0.2, 0.25) is 0 Å². The average molecular weight is 520 g/mol. The van der Waals surface area contributed by atoms with Crippen LogP contribution >= 0.6 is 11.3 Å². The van der Waals surface area contributed by atoms with Crippen LogP contribution in [-0.4, -0.2) is 35.4 Å². The Hall–Kier alpha value is -3.40. The van der Waals surface area contributed by atoms with E-state index in [1.807, 2.05) is 0 Å². The van der Waals surface area contributed by atoms with Crippen molar-refractivity contribution in [3.63, 3.8) is 0 Å². The number of nitrogens with one attached hydrogen (secondary N) is 1. The summed E-state index contributed by atoms with van der Waals surface area (Å²) in [5.41, 5.74) is -0.402. The Morgan fingerprint density at radius 2 is 1.75 bits per heavy atom. The van der Waals surface area contributed by atoms with E-state index < -0.39 is 52.7 Å². The lowest BCUT2D eigenvalue weighted by Crippen LogP contribution is -2.28. The summed E-state index contributed by atoms with van der Waals surface area (Å²) in [5.74, 6) is -4.85. The van der Waals surface area contributed by atoms with Crippen molar-refractivity contribution in [2.45, 2.75) is 44.6 Å². The van der Waals surface area contributed by atoms with Gasteiger partial charge < -0.3 is 15.2 Å². The molecule has 3 aromatic rings. The van der Waals surface area contributed by atoms with Crippen LogP contribution in [-0.2, 0) is 4.79 Å². The van der Waals surface area contributed by atoms with Gasteiger partial charge in [-0.2, -0.15) is 0 Å². The number of ether oxygens (including phenoxy) is 1. The zero-order chi connectivity index (χ0) is 25.8. The lowest BCUT2D eigenvalue weighted by atomic mass is 9.87. The highest BCUT2D eigenvalue weighted by molar-refractivity contribution is 7.20. The number of rotatable bonds is 9. The van der Waals surface area contributed by atoms with Crippen molar-refractivity contribution in [3.8, 4) is 5.75 Å². The molecule has 1 heterocycles. The van der Waals surface area contributed by atoms with E-state index in [0.717, 1.165) is 23.5 Å². The van der Waals surface area contributed by atoms with E-state index in [9.17, 15) is 27.6 Å². The number of carbonyl (C=O) groups is 3. The number of halogens is 3. The van der Waals surface area contributed by atoms with E-state index in [2.05, 4.69) is 5.32 Å². The number of fused-ring (bicyclic) bond motifs is 1. The van der Waals surface area contributed by atoms with E-state index in [4.69, 9.17) is 9.84 Å². The number of Topliss-reactive ketones (excluding diaryl/α,β-unsaturated/α-hetero) is 1. The van der Waals surface area contributed by atoms with E-state index >= 15 is 0 Å². The summed E-state index contributed by atoms with van der Waals surface area (Å²) in [7, 11) is 0. The zero-order valence-corrected chi connectivity index (χ0v) is 20.0. The van der Waals surface area contributed by atoms with Gasteiger partial charge in [0.25, 0.3) is 5.91 Å². The largest absolute Gasteiger partial charge is 0.487 e. The first kappa shape index (κ1) is 25.7. The second-order valence-electron chi connectivity index (χ2n) is 8.74. The number of hydrogen-bond donors (Lipinski definition) is 2. The zero-order valence-electron chi connectivity index (χ0n) is 19.2. The van der Waals surface area contributed by atoms with Gasteiger partial charge in [-0.1, -0.05) is 6.07 Å². The van der Waals surface area contributed by atoms with Crippen LogP contribution in [0.25, 0.3) is 10.1 Å². The van der Waals surface area contributed by atoms with Crippen molar-refractivity contribution in [1.29, 1.82) is 0 Å². The minimum Gasteiger partial charge on any atom is -0.487 e. The third kappa shape index (κ3) is 5.87. The molecule has 1 aromatic heterocycles. The summed E-state index contributed by atoms with van der Waals surface area (Å²) >= 11 is 1.15. The lowest BCUT2D eigenvalue weighted by molar-refractivity contribution is -0.143. The molecule has 1 amide bonds. The highest BCUT2D eigenvalue weighted by atomic mass is 32.1. The van der Waals surface area contributed by atoms with Crippen LogP contribution in [0.15, 0.2) is 36.4 Å². The minimum absolute atomic E-state index is 0.114.